The maximum atomic E-state index is 11.3. The molecular weight excluding hydrogens is 236 g/mol. The van der Waals surface area contributed by atoms with Crippen molar-refractivity contribution in [2.45, 2.75) is 39.3 Å². The van der Waals surface area contributed by atoms with E-state index in [-0.39, 0.29) is 5.91 Å². The number of rotatable bonds is 6. The van der Waals surface area contributed by atoms with E-state index in [0.717, 1.165) is 25.1 Å². The van der Waals surface area contributed by atoms with Crippen molar-refractivity contribution in [2.75, 3.05) is 7.05 Å². The van der Waals surface area contributed by atoms with E-state index in [1.54, 1.807) is 0 Å². The van der Waals surface area contributed by atoms with Gasteiger partial charge in [-0.3, -0.25) is 15.1 Å². The lowest BCUT2D eigenvalue weighted by molar-refractivity contribution is 0.0953. The average molecular weight is 256 g/mol. The first-order valence-corrected chi connectivity index (χ1v) is 6.65. The number of nitrogens with one attached hydrogen (secondary N) is 1. The normalized spacial score (nSPS) is 11.2. The zero-order valence-electron chi connectivity index (χ0n) is 10.6. The van der Waals surface area contributed by atoms with Gasteiger partial charge in [0.1, 0.15) is 0 Å². The van der Waals surface area contributed by atoms with Crippen LogP contribution in [0.25, 0.3) is 0 Å². The number of aromatic nitrogens is 1. The van der Waals surface area contributed by atoms with Crippen LogP contribution in [0, 0.1) is 0 Å². The molecule has 1 heterocycles. The highest BCUT2D eigenvalue weighted by Gasteiger charge is 2.14. The second-order valence-electron chi connectivity index (χ2n) is 4.00. The highest BCUT2D eigenvalue weighted by atomic mass is 32.1. The molecule has 1 amide bonds. The van der Waals surface area contributed by atoms with E-state index in [2.05, 4.69) is 36.2 Å². The third-order valence-electron chi connectivity index (χ3n) is 2.85. The standard InChI is InChI=1S/C11H20N4OS/c1-4-9(5-2)15(3)6-8-7-17-11(13-8)10(16)14-12/h7,9H,4-6,12H2,1-3H3,(H,14,16). The minimum Gasteiger partial charge on any atom is -0.298 e. The largest absolute Gasteiger partial charge is 0.298 e. The molecule has 0 saturated heterocycles. The van der Waals surface area contributed by atoms with Crippen LogP contribution in [0.5, 0.6) is 0 Å². The smallest absolute Gasteiger partial charge is 0.294 e. The molecule has 5 nitrogen and oxygen atoms in total. The van der Waals surface area contributed by atoms with Gasteiger partial charge in [0.15, 0.2) is 5.01 Å². The molecule has 3 N–H and O–H groups in total. The maximum absolute atomic E-state index is 11.3. The fraction of sp³-hybridized carbons (Fsp3) is 0.636. The number of amides is 1. The summed E-state index contributed by atoms with van der Waals surface area (Å²) in [7, 11) is 2.08. The first kappa shape index (κ1) is 14.1. The Balaban J connectivity index is 2.62. The second-order valence-corrected chi connectivity index (χ2v) is 4.86. The molecule has 0 radical (unpaired) electrons. The number of hydrazine groups is 1. The number of carbonyl (C=O) groups excluding carboxylic acids is 1. The molecule has 0 aliphatic rings. The number of thiazole rings is 1. The zero-order chi connectivity index (χ0) is 12.8. The molecule has 0 atom stereocenters. The van der Waals surface area contributed by atoms with Crippen LogP contribution in [0.2, 0.25) is 0 Å². The molecule has 0 aliphatic carbocycles. The Hall–Kier alpha value is -0.980. The predicted octanol–water partition coefficient (Wildman–Crippen LogP) is 1.37. The Morgan fingerprint density at radius 1 is 1.59 bits per heavy atom. The maximum Gasteiger partial charge on any atom is 0.294 e. The molecule has 17 heavy (non-hydrogen) atoms. The Morgan fingerprint density at radius 3 is 2.76 bits per heavy atom. The van der Waals surface area contributed by atoms with Gasteiger partial charge in [-0.05, 0) is 19.9 Å². The lowest BCUT2D eigenvalue weighted by Gasteiger charge is -2.25. The molecule has 0 fully saturated rings. The van der Waals surface area contributed by atoms with Crippen LogP contribution in [0.3, 0.4) is 0 Å². The van der Waals surface area contributed by atoms with Crippen molar-refractivity contribution in [3.8, 4) is 0 Å². The summed E-state index contributed by atoms with van der Waals surface area (Å²) in [6.45, 7) is 5.12. The Kier molecular flexibility index (Phi) is 5.54. The molecular formula is C11H20N4OS. The van der Waals surface area contributed by atoms with Gasteiger partial charge in [-0.1, -0.05) is 13.8 Å². The summed E-state index contributed by atoms with van der Waals surface area (Å²) < 4.78 is 0. The number of nitrogens with two attached hydrogens (primary N) is 1. The monoisotopic (exact) mass is 256 g/mol. The number of carbonyl (C=O) groups is 1. The van der Waals surface area contributed by atoms with E-state index in [1.807, 2.05) is 5.38 Å². The molecule has 6 heteroatoms. The van der Waals surface area contributed by atoms with Crippen molar-refractivity contribution in [3.63, 3.8) is 0 Å². The van der Waals surface area contributed by atoms with E-state index in [4.69, 9.17) is 5.84 Å². The summed E-state index contributed by atoms with van der Waals surface area (Å²) in [6.07, 6.45) is 2.24. The van der Waals surface area contributed by atoms with Gasteiger partial charge >= 0.3 is 0 Å². The molecule has 0 saturated carbocycles. The lowest BCUT2D eigenvalue weighted by Crippen LogP contribution is -2.31. The minimum atomic E-state index is -0.327. The van der Waals surface area contributed by atoms with Crippen molar-refractivity contribution < 1.29 is 4.79 Å². The molecule has 1 rings (SSSR count). The van der Waals surface area contributed by atoms with Gasteiger partial charge in [0.2, 0.25) is 0 Å². The van der Waals surface area contributed by atoms with Crippen LogP contribution in [0.4, 0.5) is 0 Å². The van der Waals surface area contributed by atoms with Gasteiger partial charge in [0.05, 0.1) is 5.69 Å². The Morgan fingerprint density at radius 2 is 2.24 bits per heavy atom. The van der Waals surface area contributed by atoms with Crippen molar-refractivity contribution in [1.29, 1.82) is 0 Å². The third kappa shape index (κ3) is 3.76. The number of nitrogen functional groups attached to an aromatic ring is 1. The Labute approximate surface area is 106 Å². The van der Waals surface area contributed by atoms with Gasteiger partial charge in [-0.25, -0.2) is 10.8 Å². The highest BCUT2D eigenvalue weighted by molar-refractivity contribution is 7.11. The lowest BCUT2D eigenvalue weighted by atomic mass is 10.1. The van der Waals surface area contributed by atoms with Crippen LogP contribution >= 0.6 is 11.3 Å². The zero-order valence-corrected chi connectivity index (χ0v) is 11.4. The molecule has 0 spiro atoms. The number of nitrogens with zero attached hydrogens (tertiary/aromatic N) is 2. The average Bonchev–Trinajstić information content (AvgIpc) is 2.78. The van der Waals surface area contributed by atoms with Crippen LogP contribution in [-0.2, 0) is 6.54 Å². The fourth-order valence-corrected chi connectivity index (χ4v) is 2.55. The van der Waals surface area contributed by atoms with Crippen LogP contribution in [-0.4, -0.2) is 28.9 Å². The van der Waals surface area contributed by atoms with Crippen molar-refractivity contribution in [2.24, 2.45) is 5.84 Å². The van der Waals surface area contributed by atoms with Crippen molar-refractivity contribution >= 4 is 17.2 Å². The summed E-state index contributed by atoms with van der Waals surface area (Å²) in [6, 6.07) is 0.559. The number of hydrogen-bond acceptors (Lipinski definition) is 5. The van der Waals surface area contributed by atoms with Gasteiger partial charge in [-0.15, -0.1) is 11.3 Å². The third-order valence-corrected chi connectivity index (χ3v) is 3.74. The van der Waals surface area contributed by atoms with Crippen molar-refractivity contribution in [3.05, 3.63) is 16.1 Å². The quantitative estimate of drug-likeness (QED) is 0.458. The summed E-state index contributed by atoms with van der Waals surface area (Å²) in [5.41, 5.74) is 3.01. The first-order valence-electron chi connectivity index (χ1n) is 5.77. The van der Waals surface area contributed by atoms with Crippen LogP contribution in [0.15, 0.2) is 5.38 Å². The predicted molar refractivity (Wildman–Crippen MR) is 69.6 cm³/mol. The van der Waals surface area contributed by atoms with Gasteiger partial charge in [0, 0.05) is 18.0 Å². The van der Waals surface area contributed by atoms with Gasteiger partial charge < -0.3 is 0 Å². The second kappa shape index (κ2) is 6.68. The molecule has 0 bridgehead atoms. The molecule has 0 aromatic carbocycles. The van der Waals surface area contributed by atoms with Crippen molar-refractivity contribution in [1.82, 2.24) is 15.3 Å². The van der Waals surface area contributed by atoms with E-state index in [1.165, 1.54) is 11.3 Å². The van der Waals surface area contributed by atoms with Gasteiger partial charge in [-0.2, -0.15) is 0 Å². The summed E-state index contributed by atoms with van der Waals surface area (Å²) in [5, 5.41) is 2.32. The van der Waals surface area contributed by atoms with E-state index < -0.39 is 0 Å². The summed E-state index contributed by atoms with van der Waals surface area (Å²) in [4.78, 5) is 17.8. The summed E-state index contributed by atoms with van der Waals surface area (Å²) >= 11 is 1.32. The molecule has 0 unspecified atom stereocenters. The van der Waals surface area contributed by atoms with E-state index in [0.29, 0.717) is 11.0 Å². The molecule has 0 aliphatic heterocycles. The van der Waals surface area contributed by atoms with Crippen LogP contribution in [0.1, 0.15) is 42.2 Å². The van der Waals surface area contributed by atoms with Crippen LogP contribution < -0.4 is 11.3 Å². The van der Waals surface area contributed by atoms with E-state index in [9.17, 15) is 4.79 Å². The molecule has 96 valence electrons. The minimum absolute atomic E-state index is 0.327. The topological polar surface area (TPSA) is 71.2 Å². The Bertz CT molecular complexity index is 362. The number of hydrogen-bond donors (Lipinski definition) is 2. The highest BCUT2D eigenvalue weighted by Crippen LogP contribution is 2.14. The van der Waals surface area contributed by atoms with E-state index >= 15 is 0 Å². The fourth-order valence-electron chi connectivity index (χ4n) is 1.84. The van der Waals surface area contributed by atoms with Gasteiger partial charge in [0.25, 0.3) is 5.91 Å². The molecule has 1 aromatic heterocycles. The first-order chi connectivity index (χ1) is 8.12. The SMILES string of the molecule is CCC(CC)N(C)Cc1csc(C(=O)NN)n1. The summed E-state index contributed by atoms with van der Waals surface area (Å²) in [5.74, 6) is 4.74. The molecule has 1 aromatic rings.